The zero-order valence-corrected chi connectivity index (χ0v) is 11.3. The highest BCUT2D eigenvalue weighted by Gasteiger charge is 2.38. The van der Waals surface area contributed by atoms with Crippen LogP contribution in [0.2, 0.25) is 0 Å². The molecule has 1 fully saturated rings. The fraction of sp³-hybridized carbons (Fsp3) is 0.571. The molecule has 1 atom stereocenters. The van der Waals surface area contributed by atoms with Crippen LogP contribution < -0.4 is 10.1 Å². The molecule has 1 unspecified atom stereocenters. The molecule has 2 N–H and O–H groups in total. The highest BCUT2D eigenvalue weighted by molar-refractivity contribution is 5.31. The van der Waals surface area contributed by atoms with Gasteiger partial charge in [0.2, 0.25) is 0 Å². The number of hydrogen-bond donors (Lipinski definition) is 2. The van der Waals surface area contributed by atoms with Gasteiger partial charge in [0, 0.05) is 12.6 Å². The Kier molecular flexibility index (Phi) is 4.39. The maximum absolute atomic E-state index is 13.3. The minimum atomic E-state index is -0.363. The number of nitrogens with one attached hydrogen (secondary N) is 1. The molecule has 2 rings (SSSR count). The SMILES string of the molecule is COc1cc(C(C)NCC2(CO)COC2)ccc1F. The summed E-state index contributed by atoms with van der Waals surface area (Å²) in [6.45, 7) is 3.94. The quantitative estimate of drug-likeness (QED) is 0.821. The lowest BCUT2D eigenvalue weighted by Crippen LogP contribution is -2.52. The number of benzene rings is 1. The van der Waals surface area contributed by atoms with Gasteiger partial charge in [0.15, 0.2) is 11.6 Å². The van der Waals surface area contributed by atoms with E-state index in [0.717, 1.165) is 5.56 Å². The van der Waals surface area contributed by atoms with E-state index in [-0.39, 0.29) is 29.6 Å². The van der Waals surface area contributed by atoms with Crippen LogP contribution in [0.15, 0.2) is 18.2 Å². The van der Waals surface area contributed by atoms with Crippen LogP contribution in [0, 0.1) is 11.2 Å². The Morgan fingerprint density at radius 1 is 1.53 bits per heavy atom. The topological polar surface area (TPSA) is 50.7 Å². The third-order valence-corrected chi connectivity index (χ3v) is 3.61. The fourth-order valence-electron chi connectivity index (χ4n) is 2.07. The Bertz CT molecular complexity index is 429. The van der Waals surface area contributed by atoms with E-state index in [1.165, 1.54) is 13.2 Å². The Hall–Kier alpha value is -1.17. The lowest BCUT2D eigenvalue weighted by Gasteiger charge is -2.40. The number of rotatable bonds is 6. The van der Waals surface area contributed by atoms with Gasteiger partial charge in [-0.25, -0.2) is 4.39 Å². The molecule has 1 aromatic rings. The second-order valence-corrected chi connectivity index (χ2v) is 5.15. The third-order valence-electron chi connectivity index (χ3n) is 3.61. The smallest absolute Gasteiger partial charge is 0.165 e. The number of halogens is 1. The van der Waals surface area contributed by atoms with Crippen LogP contribution in [0.1, 0.15) is 18.5 Å². The standard InChI is InChI=1S/C14H20FNO3/c1-10(16-6-14(7-17)8-19-9-14)11-3-4-12(15)13(5-11)18-2/h3-5,10,16-17H,6-9H2,1-2H3. The number of ether oxygens (including phenoxy) is 2. The molecule has 0 amide bonds. The molecule has 4 nitrogen and oxygen atoms in total. The molecule has 1 heterocycles. The molecule has 1 saturated heterocycles. The first kappa shape index (κ1) is 14.2. The van der Waals surface area contributed by atoms with Crippen LogP contribution >= 0.6 is 0 Å². The van der Waals surface area contributed by atoms with Crippen molar-refractivity contribution in [3.63, 3.8) is 0 Å². The van der Waals surface area contributed by atoms with E-state index < -0.39 is 0 Å². The van der Waals surface area contributed by atoms with Crippen molar-refractivity contribution in [2.75, 3.05) is 33.5 Å². The number of aliphatic hydroxyl groups excluding tert-OH is 1. The van der Waals surface area contributed by atoms with Gasteiger partial charge in [0.25, 0.3) is 0 Å². The van der Waals surface area contributed by atoms with Crippen molar-refractivity contribution in [2.45, 2.75) is 13.0 Å². The second kappa shape index (κ2) is 5.86. The van der Waals surface area contributed by atoms with E-state index in [2.05, 4.69) is 5.32 Å². The normalized spacial score (nSPS) is 18.7. The van der Waals surface area contributed by atoms with Gasteiger partial charge in [0.05, 0.1) is 32.3 Å². The zero-order valence-electron chi connectivity index (χ0n) is 11.3. The van der Waals surface area contributed by atoms with Crippen molar-refractivity contribution < 1.29 is 19.0 Å². The van der Waals surface area contributed by atoms with Crippen LogP contribution in [0.4, 0.5) is 4.39 Å². The predicted octanol–water partition coefficient (Wildman–Crippen LogP) is 1.49. The minimum Gasteiger partial charge on any atom is -0.494 e. The van der Waals surface area contributed by atoms with Crippen molar-refractivity contribution in [1.82, 2.24) is 5.32 Å². The predicted molar refractivity (Wildman–Crippen MR) is 69.7 cm³/mol. The van der Waals surface area contributed by atoms with Crippen LogP contribution in [0.5, 0.6) is 5.75 Å². The summed E-state index contributed by atoms with van der Waals surface area (Å²) in [6.07, 6.45) is 0. The molecule has 0 aromatic heterocycles. The number of aliphatic hydroxyl groups is 1. The van der Waals surface area contributed by atoms with E-state index in [0.29, 0.717) is 19.8 Å². The molecule has 0 spiro atoms. The zero-order chi connectivity index (χ0) is 13.9. The summed E-state index contributed by atoms with van der Waals surface area (Å²) >= 11 is 0. The van der Waals surface area contributed by atoms with E-state index in [4.69, 9.17) is 9.47 Å². The molecule has 106 valence electrons. The Morgan fingerprint density at radius 2 is 2.26 bits per heavy atom. The molecule has 5 heteroatoms. The van der Waals surface area contributed by atoms with Gasteiger partial charge in [-0.15, -0.1) is 0 Å². The van der Waals surface area contributed by atoms with Gasteiger partial charge in [-0.2, -0.15) is 0 Å². The first-order chi connectivity index (χ1) is 9.10. The van der Waals surface area contributed by atoms with E-state index >= 15 is 0 Å². The first-order valence-electron chi connectivity index (χ1n) is 6.36. The third kappa shape index (κ3) is 3.05. The van der Waals surface area contributed by atoms with Gasteiger partial charge < -0.3 is 19.9 Å². The summed E-state index contributed by atoms with van der Waals surface area (Å²) in [4.78, 5) is 0. The van der Waals surface area contributed by atoms with E-state index in [9.17, 15) is 9.50 Å². The Morgan fingerprint density at radius 3 is 2.79 bits per heavy atom. The lowest BCUT2D eigenvalue weighted by atomic mass is 9.86. The van der Waals surface area contributed by atoms with E-state index in [1.54, 1.807) is 12.1 Å². The summed E-state index contributed by atoms with van der Waals surface area (Å²) in [5.41, 5.74) is 0.782. The molecular formula is C14H20FNO3. The summed E-state index contributed by atoms with van der Waals surface area (Å²) in [7, 11) is 1.45. The molecule has 0 saturated carbocycles. The van der Waals surface area contributed by atoms with E-state index in [1.807, 2.05) is 6.92 Å². The van der Waals surface area contributed by atoms with Crippen LogP contribution in [0.3, 0.4) is 0 Å². The molecule has 0 radical (unpaired) electrons. The van der Waals surface area contributed by atoms with Crippen molar-refractivity contribution in [1.29, 1.82) is 0 Å². The highest BCUT2D eigenvalue weighted by atomic mass is 19.1. The maximum atomic E-state index is 13.3. The Balaban J connectivity index is 1.97. The first-order valence-corrected chi connectivity index (χ1v) is 6.36. The minimum absolute atomic E-state index is 0.0542. The summed E-state index contributed by atoms with van der Waals surface area (Å²) in [5, 5.41) is 12.7. The number of hydrogen-bond acceptors (Lipinski definition) is 4. The fourth-order valence-corrected chi connectivity index (χ4v) is 2.07. The average Bonchev–Trinajstić information content (AvgIpc) is 2.38. The molecule has 0 bridgehead atoms. The lowest BCUT2D eigenvalue weighted by molar-refractivity contribution is -0.135. The summed E-state index contributed by atoms with van der Waals surface area (Å²) < 4.78 is 23.5. The summed E-state index contributed by atoms with van der Waals surface area (Å²) in [6, 6.07) is 4.88. The van der Waals surface area contributed by atoms with Crippen LogP contribution in [-0.4, -0.2) is 38.6 Å². The maximum Gasteiger partial charge on any atom is 0.165 e. The molecule has 0 aliphatic carbocycles. The Labute approximate surface area is 112 Å². The van der Waals surface area contributed by atoms with Gasteiger partial charge in [-0.1, -0.05) is 6.07 Å². The van der Waals surface area contributed by atoms with Crippen LogP contribution in [-0.2, 0) is 4.74 Å². The highest BCUT2D eigenvalue weighted by Crippen LogP contribution is 2.27. The number of methoxy groups -OCH3 is 1. The van der Waals surface area contributed by atoms with Crippen molar-refractivity contribution in [2.24, 2.45) is 5.41 Å². The van der Waals surface area contributed by atoms with Gasteiger partial charge >= 0.3 is 0 Å². The molecule has 19 heavy (non-hydrogen) atoms. The molecule has 1 aromatic carbocycles. The van der Waals surface area contributed by atoms with Gasteiger partial charge in [0.1, 0.15) is 0 Å². The molecule has 1 aliphatic rings. The average molecular weight is 269 g/mol. The molecular weight excluding hydrogens is 249 g/mol. The van der Waals surface area contributed by atoms with Crippen molar-refractivity contribution in [3.05, 3.63) is 29.6 Å². The second-order valence-electron chi connectivity index (χ2n) is 5.15. The molecule has 1 aliphatic heterocycles. The monoisotopic (exact) mass is 269 g/mol. The van der Waals surface area contributed by atoms with Crippen LogP contribution in [0.25, 0.3) is 0 Å². The van der Waals surface area contributed by atoms with Gasteiger partial charge in [-0.3, -0.25) is 0 Å². The van der Waals surface area contributed by atoms with Crippen molar-refractivity contribution in [3.8, 4) is 5.75 Å². The summed E-state index contributed by atoms with van der Waals surface area (Å²) in [5.74, 6) is -0.118. The van der Waals surface area contributed by atoms with Gasteiger partial charge in [-0.05, 0) is 24.6 Å². The van der Waals surface area contributed by atoms with Crippen molar-refractivity contribution >= 4 is 0 Å². The largest absolute Gasteiger partial charge is 0.494 e.